The first-order chi connectivity index (χ1) is 5.79. The molecule has 0 aromatic carbocycles. The molecule has 2 aliphatic heterocycles. The lowest BCUT2D eigenvalue weighted by Gasteiger charge is -2.21. The van der Waals surface area contributed by atoms with Crippen molar-refractivity contribution < 1.29 is 14.6 Å². The summed E-state index contributed by atoms with van der Waals surface area (Å²) in [6.07, 6.45) is 3.42. The standard InChI is InChI=1S/C7H10N2O3/c10-7(11)6-4-3-12-2-1-5(4)8-9-6/h1-2,4-6,8-9H,3H2,(H,10,11). The molecule has 0 bridgehead atoms. The number of carbonyl (C=O) groups is 1. The molecule has 1 fully saturated rings. The van der Waals surface area contributed by atoms with Gasteiger partial charge in [-0.15, -0.1) is 0 Å². The molecule has 0 saturated carbocycles. The van der Waals surface area contributed by atoms with Crippen molar-refractivity contribution >= 4 is 5.97 Å². The molecule has 3 N–H and O–H groups in total. The van der Waals surface area contributed by atoms with Crippen molar-refractivity contribution in [2.75, 3.05) is 6.61 Å². The molecule has 0 radical (unpaired) electrons. The minimum absolute atomic E-state index is 0.00694. The normalized spacial score (nSPS) is 38.8. The van der Waals surface area contributed by atoms with Crippen molar-refractivity contribution in [2.24, 2.45) is 5.92 Å². The van der Waals surface area contributed by atoms with Gasteiger partial charge in [-0.05, 0) is 6.08 Å². The van der Waals surface area contributed by atoms with E-state index in [2.05, 4.69) is 10.9 Å². The van der Waals surface area contributed by atoms with Gasteiger partial charge >= 0.3 is 5.97 Å². The number of hydrogen-bond acceptors (Lipinski definition) is 4. The molecule has 0 aromatic rings. The number of hydrogen-bond donors (Lipinski definition) is 3. The van der Waals surface area contributed by atoms with E-state index >= 15 is 0 Å². The maximum atomic E-state index is 10.7. The highest BCUT2D eigenvalue weighted by Crippen LogP contribution is 2.20. The van der Waals surface area contributed by atoms with Crippen LogP contribution in [0.15, 0.2) is 12.3 Å². The minimum Gasteiger partial charge on any atom is -0.501 e. The van der Waals surface area contributed by atoms with E-state index in [1.807, 2.05) is 6.08 Å². The molecule has 0 aliphatic carbocycles. The van der Waals surface area contributed by atoms with Crippen molar-refractivity contribution in [3.8, 4) is 0 Å². The molecule has 0 aromatic heterocycles. The molecule has 66 valence electrons. The molecule has 1 saturated heterocycles. The summed E-state index contributed by atoms with van der Waals surface area (Å²) in [5, 5.41) is 8.77. The Balaban J connectivity index is 2.13. The van der Waals surface area contributed by atoms with Gasteiger partial charge in [0.15, 0.2) is 0 Å². The second-order valence-corrected chi connectivity index (χ2v) is 2.96. The Hall–Kier alpha value is -1.07. The first-order valence-corrected chi connectivity index (χ1v) is 3.81. The average molecular weight is 170 g/mol. The minimum atomic E-state index is -0.839. The number of fused-ring (bicyclic) bond motifs is 1. The molecule has 12 heavy (non-hydrogen) atoms. The SMILES string of the molecule is O=C(O)C1NNC2C=COCC21. The Morgan fingerprint density at radius 1 is 1.58 bits per heavy atom. The van der Waals surface area contributed by atoms with Gasteiger partial charge in [-0.1, -0.05) is 0 Å². The summed E-state index contributed by atoms with van der Waals surface area (Å²) in [6.45, 7) is 0.456. The number of carboxylic acids is 1. The zero-order valence-electron chi connectivity index (χ0n) is 6.36. The Morgan fingerprint density at radius 2 is 2.42 bits per heavy atom. The van der Waals surface area contributed by atoms with E-state index in [1.54, 1.807) is 6.26 Å². The molecule has 3 unspecified atom stereocenters. The van der Waals surface area contributed by atoms with Crippen LogP contribution in [0, 0.1) is 5.92 Å². The predicted octanol–water partition coefficient (Wildman–Crippen LogP) is -0.924. The fraction of sp³-hybridized carbons (Fsp3) is 0.571. The lowest BCUT2D eigenvalue weighted by Crippen LogP contribution is -2.39. The zero-order chi connectivity index (χ0) is 8.55. The summed E-state index contributed by atoms with van der Waals surface area (Å²) in [5.74, 6) is -0.846. The van der Waals surface area contributed by atoms with Crippen molar-refractivity contribution in [1.82, 2.24) is 10.9 Å². The van der Waals surface area contributed by atoms with Crippen LogP contribution in [-0.2, 0) is 9.53 Å². The van der Waals surface area contributed by atoms with E-state index in [0.29, 0.717) is 6.61 Å². The van der Waals surface area contributed by atoms with E-state index in [0.717, 1.165) is 0 Å². The van der Waals surface area contributed by atoms with E-state index in [4.69, 9.17) is 9.84 Å². The summed E-state index contributed by atoms with van der Waals surface area (Å²) in [5.41, 5.74) is 5.61. The van der Waals surface area contributed by atoms with Crippen LogP contribution >= 0.6 is 0 Å². The first kappa shape index (κ1) is 7.57. The highest BCUT2D eigenvalue weighted by atomic mass is 16.5. The van der Waals surface area contributed by atoms with E-state index < -0.39 is 12.0 Å². The summed E-state index contributed by atoms with van der Waals surface area (Å²) >= 11 is 0. The molecule has 2 aliphatic rings. The van der Waals surface area contributed by atoms with Crippen LogP contribution in [0.4, 0.5) is 0 Å². The molecule has 2 heterocycles. The lowest BCUT2D eigenvalue weighted by molar-refractivity contribution is -0.140. The maximum absolute atomic E-state index is 10.7. The first-order valence-electron chi connectivity index (χ1n) is 3.81. The smallest absolute Gasteiger partial charge is 0.322 e. The third kappa shape index (κ3) is 1.07. The molecule has 0 spiro atoms. The highest BCUT2D eigenvalue weighted by Gasteiger charge is 2.40. The fourth-order valence-corrected chi connectivity index (χ4v) is 1.55. The van der Waals surface area contributed by atoms with Crippen LogP contribution in [0.1, 0.15) is 0 Å². The van der Waals surface area contributed by atoms with Crippen LogP contribution < -0.4 is 10.9 Å². The Kier molecular flexibility index (Phi) is 1.74. The van der Waals surface area contributed by atoms with Crippen LogP contribution in [0.2, 0.25) is 0 Å². The van der Waals surface area contributed by atoms with E-state index in [-0.39, 0.29) is 12.0 Å². The largest absolute Gasteiger partial charge is 0.501 e. The van der Waals surface area contributed by atoms with Gasteiger partial charge in [0.2, 0.25) is 0 Å². The number of ether oxygens (including phenoxy) is 1. The van der Waals surface area contributed by atoms with E-state index in [9.17, 15) is 4.79 Å². The maximum Gasteiger partial charge on any atom is 0.322 e. The van der Waals surface area contributed by atoms with Crippen molar-refractivity contribution in [1.29, 1.82) is 0 Å². The zero-order valence-corrected chi connectivity index (χ0v) is 6.36. The van der Waals surface area contributed by atoms with E-state index in [1.165, 1.54) is 0 Å². The number of nitrogens with one attached hydrogen (secondary N) is 2. The second kappa shape index (κ2) is 2.76. The number of rotatable bonds is 1. The number of aliphatic carboxylic acids is 1. The monoisotopic (exact) mass is 170 g/mol. The number of hydrazine groups is 1. The van der Waals surface area contributed by atoms with Gasteiger partial charge in [0.1, 0.15) is 6.04 Å². The Bertz CT molecular complexity index is 229. The van der Waals surface area contributed by atoms with Crippen LogP contribution in [0.3, 0.4) is 0 Å². The second-order valence-electron chi connectivity index (χ2n) is 2.96. The van der Waals surface area contributed by atoms with Gasteiger partial charge in [0.25, 0.3) is 0 Å². The van der Waals surface area contributed by atoms with Gasteiger partial charge in [0, 0.05) is 5.92 Å². The van der Waals surface area contributed by atoms with Crippen LogP contribution in [0.25, 0.3) is 0 Å². The Labute approximate surface area is 69.4 Å². The quantitative estimate of drug-likeness (QED) is 0.474. The molecular weight excluding hydrogens is 160 g/mol. The Morgan fingerprint density at radius 3 is 3.17 bits per heavy atom. The van der Waals surface area contributed by atoms with Gasteiger partial charge in [0.05, 0.1) is 18.9 Å². The van der Waals surface area contributed by atoms with Crippen LogP contribution in [0.5, 0.6) is 0 Å². The molecule has 5 nitrogen and oxygen atoms in total. The van der Waals surface area contributed by atoms with Crippen molar-refractivity contribution in [3.05, 3.63) is 12.3 Å². The summed E-state index contributed by atoms with van der Waals surface area (Å²) in [6, 6.07) is -0.459. The molecule has 0 amide bonds. The van der Waals surface area contributed by atoms with Gasteiger partial charge in [-0.2, -0.15) is 0 Å². The third-order valence-electron chi connectivity index (χ3n) is 2.23. The van der Waals surface area contributed by atoms with Gasteiger partial charge in [-0.25, -0.2) is 10.9 Å². The fourth-order valence-electron chi connectivity index (χ4n) is 1.55. The molecule has 3 atom stereocenters. The summed E-state index contributed by atoms with van der Waals surface area (Å²) in [4.78, 5) is 10.7. The third-order valence-corrected chi connectivity index (χ3v) is 2.23. The van der Waals surface area contributed by atoms with Gasteiger partial charge in [-0.3, -0.25) is 4.79 Å². The summed E-state index contributed by atoms with van der Waals surface area (Å²) in [7, 11) is 0. The molecular formula is C7H10N2O3. The molecule has 2 rings (SSSR count). The number of carboxylic acid groups (broad SMARTS) is 1. The van der Waals surface area contributed by atoms with Crippen molar-refractivity contribution in [3.63, 3.8) is 0 Å². The van der Waals surface area contributed by atoms with Gasteiger partial charge < -0.3 is 9.84 Å². The molecule has 5 heteroatoms. The predicted molar refractivity (Wildman–Crippen MR) is 40.1 cm³/mol. The average Bonchev–Trinajstić information content (AvgIpc) is 2.47. The topological polar surface area (TPSA) is 70.6 Å². The van der Waals surface area contributed by atoms with Crippen LogP contribution in [-0.4, -0.2) is 29.8 Å². The summed E-state index contributed by atoms with van der Waals surface area (Å²) < 4.78 is 5.04. The highest BCUT2D eigenvalue weighted by molar-refractivity contribution is 5.74. The lowest BCUT2D eigenvalue weighted by atomic mass is 9.94. The van der Waals surface area contributed by atoms with Crippen molar-refractivity contribution in [2.45, 2.75) is 12.1 Å².